The van der Waals surface area contributed by atoms with Crippen molar-refractivity contribution in [2.24, 2.45) is 5.73 Å². The number of aromatic nitrogens is 1. The van der Waals surface area contributed by atoms with E-state index in [4.69, 9.17) is 15.2 Å². The molecule has 0 unspecified atom stereocenters. The third kappa shape index (κ3) is 3.09. The molecule has 1 aromatic rings. The summed E-state index contributed by atoms with van der Waals surface area (Å²) in [5, 5.41) is 0. The molecule has 1 heterocycles. The van der Waals surface area contributed by atoms with Crippen LogP contribution in [0.1, 0.15) is 18.9 Å². The van der Waals surface area contributed by atoms with E-state index in [0.29, 0.717) is 0 Å². The zero-order valence-corrected chi connectivity index (χ0v) is 9.49. The van der Waals surface area contributed by atoms with E-state index < -0.39 is 0 Å². The minimum absolute atomic E-state index is 0.174. The molecule has 4 nitrogen and oxygen atoms in total. The minimum atomic E-state index is 0.174. The highest BCUT2D eigenvalue weighted by Gasteiger charge is 2.10. The van der Waals surface area contributed by atoms with Gasteiger partial charge in [0, 0.05) is 11.6 Å². The van der Waals surface area contributed by atoms with Crippen LogP contribution < -0.4 is 15.2 Å². The van der Waals surface area contributed by atoms with E-state index in [1.165, 1.54) is 0 Å². The number of hydrogen-bond donors (Lipinski definition) is 1. The largest absolute Gasteiger partial charge is 0.495 e. The van der Waals surface area contributed by atoms with E-state index in [9.17, 15) is 0 Å². The van der Waals surface area contributed by atoms with Gasteiger partial charge in [0.2, 0.25) is 0 Å². The lowest BCUT2D eigenvalue weighted by Crippen LogP contribution is -2.15. The van der Waals surface area contributed by atoms with Gasteiger partial charge in [-0.3, -0.25) is 4.98 Å². The lowest BCUT2D eigenvalue weighted by Gasteiger charge is -2.13. The molecular weight excluding hydrogens is 192 g/mol. The van der Waals surface area contributed by atoms with Gasteiger partial charge in [0.05, 0.1) is 26.6 Å². The van der Waals surface area contributed by atoms with Crippen LogP contribution in [0.3, 0.4) is 0 Å². The van der Waals surface area contributed by atoms with E-state index in [2.05, 4.69) is 4.98 Å². The van der Waals surface area contributed by atoms with Crippen molar-refractivity contribution in [1.82, 2.24) is 4.98 Å². The van der Waals surface area contributed by atoms with Crippen LogP contribution in [-0.2, 0) is 6.42 Å². The summed E-state index contributed by atoms with van der Waals surface area (Å²) in [6, 6.07) is 0.174. The van der Waals surface area contributed by atoms with Gasteiger partial charge >= 0.3 is 0 Å². The summed E-state index contributed by atoms with van der Waals surface area (Å²) in [6.45, 7) is 1.99. The van der Waals surface area contributed by atoms with Crippen LogP contribution >= 0.6 is 0 Å². The summed E-state index contributed by atoms with van der Waals surface area (Å²) >= 11 is 0. The fourth-order valence-electron chi connectivity index (χ4n) is 1.42. The molecule has 84 valence electrons. The van der Waals surface area contributed by atoms with Crippen LogP contribution in [0.2, 0.25) is 0 Å². The molecule has 1 rings (SSSR count). The zero-order valence-electron chi connectivity index (χ0n) is 9.49. The zero-order chi connectivity index (χ0) is 11.3. The summed E-state index contributed by atoms with van der Waals surface area (Å²) in [5.41, 5.74) is 6.76. The molecule has 0 aliphatic carbocycles. The standard InChI is InChI=1S/C11H18N2O2/c1-8(12)4-5-9-10(14-2)6-13-7-11(9)15-3/h6-8H,4-5,12H2,1-3H3/t8-/m1/s1. The maximum Gasteiger partial charge on any atom is 0.144 e. The first-order valence-electron chi connectivity index (χ1n) is 4.99. The number of nitrogens with zero attached hydrogens (tertiary/aromatic N) is 1. The van der Waals surface area contributed by atoms with Gasteiger partial charge in [-0.05, 0) is 19.8 Å². The lowest BCUT2D eigenvalue weighted by atomic mass is 10.1. The average Bonchev–Trinajstić information content (AvgIpc) is 2.25. The van der Waals surface area contributed by atoms with E-state index in [0.717, 1.165) is 29.9 Å². The molecular formula is C11H18N2O2. The molecule has 0 amide bonds. The van der Waals surface area contributed by atoms with Crippen LogP contribution in [0.25, 0.3) is 0 Å². The predicted octanol–water partition coefficient (Wildman–Crippen LogP) is 1.38. The molecule has 0 aliphatic heterocycles. The molecule has 0 fully saturated rings. The first kappa shape index (κ1) is 11.8. The Labute approximate surface area is 90.4 Å². The highest BCUT2D eigenvalue weighted by molar-refractivity contribution is 5.41. The maximum absolute atomic E-state index is 5.73. The maximum atomic E-state index is 5.73. The fourth-order valence-corrected chi connectivity index (χ4v) is 1.42. The molecule has 0 spiro atoms. The second kappa shape index (κ2) is 5.56. The van der Waals surface area contributed by atoms with Crippen molar-refractivity contribution in [2.45, 2.75) is 25.8 Å². The topological polar surface area (TPSA) is 57.4 Å². The summed E-state index contributed by atoms with van der Waals surface area (Å²) in [5.74, 6) is 1.52. The Hall–Kier alpha value is -1.29. The van der Waals surface area contributed by atoms with E-state index >= 15 is 0 Å². The van der Waals surface area contributed by atoms with E-state index in [1.807, 2.05) is 6.92 Å². The highest BCUT2D eigenvalue weighted by atomic mass is 16.5. The Morgan fingerprint density at radius 1 is 1.27 bits per heavy atom. The second-order valence-electron chi connectivity index (χ2n) is 3.54. The van der Waals surface area contributed by atoms with Crippen molar-refractivity contribution in [3.05, 3.63) is 18.0 Å². The Morgan fingerprint density at radius 3 is 2.20 bits per heavy atom. The summed E-state index contributed by atoms with van der Waals surface area (Å²) in [6.07, 6.45) is 5.13. The molecule has 0 radical (unpaired) electrons. The van der Waals surface area contributed by atoms with Crippen molar-refractivity contribution in [1.29, 1.82) is 0 Å². The van der Waals surface area contributed by atoms with Gasteiger partial charge in [-0.15, -0.1) is 0 Å². The Morgan fingerprint density at radius 2 is 1.80 bits per heavy atom. The van der Waals surface area contributed by atoms with Gasteiger partial charge in [-0.1, -0.05) is 0 Å². The van der Waals surface area contributed by atoms with Crippen LogP contribution in [0.5, 0.6) is 11.5 Å². The molecule has 2 N–H and O–H groups in total. The fraction of sp³-hybridized carbons (Fsp3) is 0.545. The van der Waals surface area contributed by atoms with E-state index in [-0.39, 0.29) is 6.04 Å². The first-order valence-corrected chi connectivity index (χ1v) is 4.99. The van der Waals surface area contributed by atoms with Gasteiger partial charge in [0.15, 0.2) is 0 Å². The van der Waals surface area contributed by atoms with Crippen LogP contribution in [-0.4, -0.2) is 25.2 Å². The molecule has 4 heteroatoms. The Kier molecular flexibility index (Phi) is 4.37. The van der Waals surface area contributed by atoms with Gasteiger partial charge in [-0.25, -0.2) is 0 Å². The van der Waals surface area contributed by atoms with Gasteiger partial charge < -0.3 is 15.2 Å². The summed E-state index contributed by atoms with van der Waals surface area (Å²) in [7, 11) is 3.26. The SMILES string of the molecule is COc1cncc(OC)c1CC[C@@H](C)N. The van der Waals surface area contributed by atoms with Gasteiger partial charge in [-0.2, -0.15) is 0 Å². The monoisotopic (exact) mass is 210 g/mol. The molecule has 1 atom stereocenters. The highest BCUT2D eigenvalue weighted by Crippen LogP contribution is 2.28. The number of pyridine rings is 1. The second-order valence-corrected chi connectivity index (χ2v) is 3.54. The minimum Gasteiger partial charge on any atom is -0.495 e. The van der Waals surface area contributed by atoms with Crippen LogP contribution in [0.15, 0.2) is 12.4 Å². The van der Waals surface area contributed by atoms with Crippen molar-refractivity contribution in [3.8, 4) is 11.5 Å². The molecule has 1 aromatic heterocycles. The molecule has 0 aliphatic rings. The molecule has 0 aromatic carbocycles. The molecule has 0 saturated heterocycles. The van der Waals surface area contributed by atoms with Crippen molar-refractivity contribution >= 4 is 0 Å². The average molecular weight is 210 g/mol. The summed E-state index contributed by atoms with van der Waals surface area (Å²) < 4.78 is 10.5. The lowest BCUT2D eigenvalue weighted by molar-refractivity contribution is 0.380. The smallest absolute Gasteiger partial charge is 0.144 e. The third-order valence-electron chi connectivity index (χ3n) is 2.27. The van der Waals surface area contributed by atoms with Gasteiger partial charge in [0.25, 0.3) is 0 Å². The van der Waals surface area contributed by atoms with Crippen molar-refractivity contribution < 1.29 is 9.47 Å². The number of ether oxygens (including phenoxy) is 2. The van der Waals surface area contributed by atoms with Gasteiger partial charge in [0.1, 0.15) is 11.5 Å². The summed E-state index contributed by atoms with van der Waals surface area (Å²) in [4.78, 5) is 4.03. The predicted molar refractivity (Wildman–Crippen MR) is 59.3 cm³/mol. The normalized spacial score (nSPS) is 12.3. The number of rotatable bonds is 5. The Bertz CT molecular complexity index is 291. The molecule has 0 saturated carbocycles. The quantitative estimate of drug-likeness (QED) is 0.797. The molecule has 0 bridgehead atoms. The van der Waals surface area contributed by atoms with E-state index in [1.54, 1.807) is 26.6 Å². The van der Waals surface area contributed by atoms with Crippen molar-refractivity contribution in [2.75, 3.05) is 14.2 Å². The Balaban J connectivity index is 2.89. The molecule has 15 heavy (non-hydrogen) atoms. The van der Waals surface area contributed by atoms with Crippen LogP contribution in [0.4, 0.5) is 0 Å². The third-order valence-corrected chi connectivity index (χ3v) is 2.27. The van der Waals surface area contributed by atoms with Crippen molar-refractivity contribution in [3.63, 3.8) is 0 Å². The van der Waals surface area contributed by atoms with Crippen LogP contribution in [0, 0.1) is 0 Å². The number of nitrogens with two attached hydrogens (primary N) is 1. The number of hydrogen-bond acceptors (Lipinski definition) is 4. The number of methoxy groups -OCH3 is 2. The first-order chi connectivity index (χ1) is 7.19.